The number of nitrogens with zero attached hydrogens (tertiary/aromatic N) is 1. The predicted molar refractivity (Wildman–Crippen MR) is 64.6 cm³/mol. The molecule has 1 atom stereocenters. The maximum absolute atomic E-state index is 5.11. The molecule has 0 aliphatic carbocycles. The number of methoxy groups -OCH3 is 1. The van der Waals surface area contributed by atoms with Gasteiger partial charge in [-0.3, -0.25) is 0 Å². The summed E-state index contributed by atoms with van der Waals surface area (Å²) in [4.78, 5) is 0. The Bertz CT molecular complexity index is 361. The van der Waals surface area contributed by atoms with Gasteiger partial charge in [0.1, 0.15) is 10.4 Å². The van der Waals surface area contributed by atoms with E-state index in [4.69, 9.17) is 4.74 Å². The van der Waals surface area contributed by atoms with Crippen molar-refractivity contribution in [2.24, 2.45) is 5.10 Å². The summed E-state index contributed by atoms with van der Waals surface area (Å²) >= 11 is 3.38. The van der Waals surface area contributed by atoms with Crippen molar-refractivity contribution in [1.82, 2.24) is 5.43 Å². The van der Waals surface area contributed by atoms with Crippen molar-refractivity contribution >= 4 is 20.6 Å². The zero-order valence-electron chi connectivity index (χ0n) is 8.53. The van der Waals surface area contributed by atoms with Crippen LogP contribution in [0.25, 0.3) is 0 Å². The lowest BCUT2D eigenvalue weighted by molar-refractivity contribution is 0.414. The summed E-state index contributed by atoms with van der Waals surface area (Å²) in [6, 6.07) is 8.56. The molecule has 2 rings (SSSR count). The molecular formula is C11H13BrN2O. The van der Waals surface area contributed by atoms with E-state index in [0.717, 1.165) is 23.2 Å². The molecule has 1 heterocycles. The van der Waals surface area contributed by atoms with Crippen LogP contribution in [0.2, 0.25) is 0 Å². The molecule has 1 aromatic rings. The van der Waals surface area contributed by atoms with E-state index in [1.165, 1.54) is 5.56 Å². The highest BCUT2D eigenvalue weighted by molar-refractivity contribution is 9.18. The van der Waals surface area contributed by atoms with E-state index in [1.54, 1.807) is 7.11 Å². The fraction of sp³-hybridized carbons (Fsp3) is 0.364. The summed E-state index contributed by atoms with van der Waals surface area (Å²) in [5.74, 6) is 0.899. The Morgan fingerprint density at radius 3 is 2.73 bits per heavy atom. The molecule has 15 heavy (non-hydrogen) atoms. The van der Waals surface area contributed by atoms with Gasteiger partial charge in [0.05, 0.1) is 13.2 Å². The van der Waals surface area contributed by atoms with Gasteiger partial charge in [-0.05, 0) is 40.0 Å². The number of halogens is 1. The van der Waals surface area contributed by atoms with E-state index >= 15 is 0 Å². The third kappa shape index (κ3) is 2.72. The molecule has 1 aliphatic heterocycles. The fourth-order valence-corrected chi connectivity index (χ4v) is 2.11. The highest BCUT2D eigenvalue weighted by Crippen LogP contribution is 2.16. The standard InChI is InChI=1S/C11H13BrN2O/c1-15-10-4-2-8(3-5-10)6-9-7-11(12)14-13-9/h2-5,9,13H,6-7H2,1H3. The minimum absolute atomic E-state index is 0.410. The molecule has 1 N–H and O–H groups in total. The summed E-state index contributed by atoms with van der Waals surface area (Å²) in [5.41, 5.74) is 4.39. The molecule has 80 valence electrons. The first kappa shape index (κ1) is 10.5. The van der Waals surface area contributed by atoms with Crippen molar-refractivity contribution in [1.29, 1.82) is 0 Å². The molecule has 0 saturated carbocycles. The number of hydrogen-bond acceptors (Lipinski definition) is 3. The first-order valence-electron chi connectivity index (χ1n) is 4.88. The minimum Gasteiger partial charge on any atom is -0.497 e. The molecule has 0 amide bonds. The molecule has 0 fully saturated rings. The van der Waals surface area contributed by atoms with Gasteiger partial charge in [0.15, 0.2) is 0 Å². The van der Waals surface area contributed by atoms with Crippen LogP contribution in [0.4, 0.5) is 0 Å². The van der Waals surface area contributed by atoms with Gasteiger partial charge < -0.3 is 10.2 Å². The lowest BCUT2D eigenvalue weighted by Crippen LogP contribution is -2.21. The van der Waals surface area contributed by atoms with Gasteiger partial charge in [-0.1, -0.05) is 12.1 Å². The van der Waals surface area contributed by atoms with Gasteiger partial charge in [0, 0.05) is 6.42 Å². The van der Waals surface area contributed by atoms with E-state index < -0.39 is 0 Å². The Labute approximate surface area is 97.6 Å². The second-order valence-corrected chi connectivity index (χ2v) is 4.49. The van der Waals surface area contributed by atoms with E-state index in [-0.39, 0.29) is 0 Å². The summed E-state index contributed by atoms with van der Waals surface area (Å²) in [7, 11) is 1.68. The summed E-state index contributed by atoms with van der Waals surface area (Å²) in [5, 5.41) is 4.11. The molecular weight excluding hydrogens is 256 g/mol. The van der Waals surface area contributed by atoms with Crippen molar-refractivity contribution in [2.45, 2.75) is 18.9 Å². The Balaban J connectivity index is 1.94. The Morgan fingerprint density at radius 1 is 1.47 bits per heavy atom. The highest BCUT2D eigenvalue weighted by Gasteiger charge is 2.16. The molecule has 3 nitrogen and oxygen atoms in total. The van der Waals surface area contributed by atoms with Gasteiger partial charge in [0.25, 0.3) is 0 Å². The topological polar surface area (TPSA) is 33.6 Å². The second kappa shape index (κ2) is 4.66. The molecule has 1 aromatic carbocycles. The summed E-state index contributed by atoms with van der Waals surface area (Å²) in [6.45, 7) is 0. The quantitative estimate of drug-likeness (QED) is 0.913. The molecule has 0 bridgehead atoms. The molecule has 0 radical (unpaired) electrons. The van der Waals surface area contributed by atoms with Gasteiger partial charge in [-0.15, -0.1) is 0 Å². The Kier molecular flexibility index (Phi) is 3.26. The number of ether oxygens (including phenoxy) is 1. The molecule has 0 aromatic heterocycles. The van der Waals surface area contributed by atoms with E-state index in [1.807, 2.05) is 12.1 Å². The normalized spacial score (nSPS) is 19.6. The number of hydrogen-bond donors (Lipinski definition) is 1. The number of benzene rings is 1. The maximum atomic E-state index is 5.11. The van der Waals surface area contributed by atoms with Gasteiger partial charge in [-0.25, -0.2) is 0 Å². The van der Waals surface area contributed by atoms with Gasteiger partial charge in [0.2, 0.25) is 0 Å². The van der Waals surface area contributed by atoms with E-state index in [0.29, 0.717) is 6.04 Å². The van der Waals surface area contributed by atoms with Crippen LogP contribution in [-0.2, 0) is 6.42 Å². The first-order valence-corrected chi connectivity index (χ1v) is 5.68. The minimum atomic E-state index is 0.410. The Morgan fingerprint density at radius 2 is 2.20 bits per heavy atom. The zero-order valence-corrected chi connectivity index (χ0v) is 10.1. The molecule has 0 spiro atoms. The molecule has 1 aliphatic rings. The van der Waals surface area contributed by atoms with Crippen LogP contribution in [0.1, 0.15) is 12.0 Å². The lowest BCUT2D eigenvalue weighted by Gasteiger charge is -2.09. The van der Waals surface area contributed by atoms with Gasteiger partial charge in [-0.2, -0.15) is 5.10 Å². The first-order chi connectivity index (χ1) is 7.28. The van der Waals surface area contributed by atoms with Crippen LogP contribution in [0.5, 0.6) is 5.75 Å². The molecule has 0 saturated heterocycles. The summed E-state index contributed by atoms with van der Waals surface area (Å²) < 4.78 is 6.11. The third-order valence-corrected chi connectivity index (χ3v) is 2.93. The number of nitrogens with one attached hydrogen (secondary N) is 1. The maximum Gasteiger partial charge on any atom is 0.118 e. The Hall–Kier alpha value is -1.03. The average molecular weight is 269 g/mol. The van der Waals surface area contributed by atoms with Crippen LogP contribution in [0, 0.1) is 0 Å². The average Bonchev–Trinajstić information content (AvgIpc) is 2.65. The highest BCUT2D eigenvalue weighted by atomic mass is 79.9. The smallest absolute Gasteiger partial charge is 0.118 e. The van der Waals surface area contributed by atoms with Crippen LogP contribution < -0.4 is 10.2 Å². The van der Waals surface area contributed by atoms with Gasteiger partial charge >= 0.3 is 0 Å². The molecule has 1 unspecified atom stereocenters. The van der Waals surface area contributed by atoms with Crippen molar-refractivity contribution in [3.63, 3.8) is 0 Å². The third-order valence-electron chi connectivity index (χ3n) is 2.42. The SMILES string of the molecule is COc1ccc(CC2CC(Br)=NN2)cc1. The van der Waals surface area contributed by atoms with E-state index in [2.05, 4.69) is 38.6 Å². The monoisotopic (exact) mass is 268 g/mol. The van der Waals surface area contributed by atoms with Crippen molar-refractivity contribution in [3.8, 4) is 5.75 Å². The largest absolute Gasteiger partial charge is 0.497 e. The fourth-order valence-electron chi connectivity index (χ4n) is 1.62. The van der Waals surface area contributed by atoms with E-state index in [9.17, 15) is 0 Å². The number of hydrazone groups is 1. The van der Waals surface area contributed by atoms with Crippen LogP contribution in [0.15, 0.2) is 29.4 Å². The molecule has 4 heteroatoms. The second-order valence-electron chi connectivity index (χ2n) is 3.57. The van der Waals surface area contributed by atoms with Crippen LogP contribution in [-0.4, -0.2) is 17.8 Å². The van der Waals surface area contributed by atoms with Crippen LogP contribution >= 0.6 is 15.9 Å². The summed E-state index contributed by atoms with van der Waals surface area (Å²) in [6.07, 6.45) is 1.95. The predicted octanol–water partition coefficient (Wildman–Crippen LogP) is 2.31. The zero-order chi connectivity index (χ0) is 10.7. The van der Waals surface area contributed by atoms with Crippen molar-refractivity contribution in [3.05, 3.63) is 29.8 Å². The van der Waals surface area contributed by atoms with Crippen LogP contribution in [0.3, 0.4) is 0 Å². The van der Waals surface area contributed by atoms with Crippen molar-refractivity contribution in [2.75, 3.05) is 7.11 Å². The van der Waals surface area contributed by atoms with Crippen molar-refractivity contribution < 1.29 is 4.74 Å². The lowest BCUT2D eigenvalue weighted by atomic mass is 10.0. The number of rotatable bonds is 3.